The SMILES string of the molecule is CNC(=O)/C(C#N)=C1/S[C@H](Cc2ccc(C)c(Cl)c2)C(=O)N1c1ccc(C)cc1. The molecule has 1 atom stereocenters. The molecular weight excluding hydrogens is 406 g/mol. The normalized spacial score (nSPS) is 17.8. The quantitative estimate of drug-likeness (QED) is 0.590. The first-order valence-electron chi connectivity index (χ1n) is 9.04. The average molecular weight is 426 g/mol. The Kier molecular flexibility index (Phi) is 6.31. The van der Waals surface area contributed by atoms with E-state index < -0.39 is 11.2 Å². The molecule has 1 aliphatic rings. The van der Waals surface area contributed by atoms with Crippen LogP contribution in [0.2, 0.25) is 5.02 Å². The molecule has 0 spiro atoms. The van der Waals surface area contributed by atoms with Gasteiger partial charge in [0.05, 0.1) is 5.25 Å². The van der Waals surface area contributed by atoms with Crippen LogP contribution in [-0.2, 0) is 16.0 Å². The summed E-state index contributed by atoms with van der Waals surface area (Å²) in [4.78, 5) is 27.0. The number of nitrogens with one attached hydrogen (secondary N) is 1. The van der Waals surface area contributed by atoms with Crippen molar-refractivity contribution in [3.05, 3.63) is 74.8 Å². The number of rotatable bonds is 4. The number of amides is 2. The highest BCUT2D eigenvalue weighted by atomic mass is 35.5. The first-order chi connectivity index (χ1) is 13.8. The lowest BCUT2D eigenvalue weighted by Gasteiger charge is -2.18. The summed E-state index contributed by atoms with van der Waals surface area (Å²) in [6, 6.07) is 15.1. The molecule has 5 nitrogen and oxygen atoms in total. The first-order valence-corrected chi connectivity index (χ1v) is 10.3. The standard InChI is InChI=1S/C22H20ClN3O2S/c1-13-4-8-16(9-5-13)26-21(28)19(11-15-7-6-14(2)18(23)10-15)29-22(26)17(12-24)20(27)25-3/h4-10,19H,11H2,1-3H3,(H,25,27)/b22-17+/t19-/m1/s1. The molecule has 29 heavy (non-hydrogen) atoms. The lowest BCUT2D eigenvalue weighted by Crippen LogP contribution is -2.31. The van der Waals surface area contributed by atoms with Crippen molar-refractivity contribution < 1.29 is 9.59 Å². The number of carbonyl (C=O) groups is 2. The fourth-order valence-corrected chi connectivity index (χ4v) is 4.53. The number of anilines is 1. The van der Waals surface area contributed by atoms with Crippen LogP contribution in [0.25, 0.3) is 0 Å². The Morgan fingerprint density at radius 1 is 1.24 bits per heavy atom. The Labute approximate surface area is 179 Å². The molecule has 0 aromatic heterocycles. The summed E-state index contributed by atoms with van der Waals surface area (Å²) in [6.45, 7) is 3.88. The van der Waals surface area contributed by atoms with E-state index in [0.717, 1.165) is 16.7 Å². The van der Waals surface area contributed by atoms with Gasteiger partial charge in [-0.25, -0.2) is 0 Å². The monoisotopic (exact) mass is 425 g/mol. The maximum absolute atomic E-state index is 13.3. The Hall–Kier alpha value is -2.75. The minimum Gasteiger partial charge on any atom is -0.354 e. The topological polar surface area (TPSA) is 73.2 Å². The van der Waals surface area contributed by atoms with Crippen LogP contribution >= 0.6 is 23.4 Å². The maximum atomic E-state index is 13.3. The van der Waals surface area contributed by atoms with Crippen LogP contribution in [0.1, 0.15) is 16.7 Å². The number of nitriles is 1. The van der Waals surface area contributed by atoms with Crippen molar-refractivity contribution in [2.75, 3.05) is 11.9 Å². The molecule has 0 aliphatic carbocycles. The van der Waals surface area contributed by atoms with Crippen LogP contribution in [0.4, 0.5) is 5.69 Å². The van der Waals surface area contributed by atoms with Crippen molar-refractivity contribution >= 4 is 40.9 Å². The van der Waals surface area contributed by atoms with E-state index >= 15 is 0 Å². The summed E-state index contributed by atoms with van der Waals surface area (Å²) in [7, 11) is 1.46. The van der Waals surface area contributed by atoms with E-state index in [9.17, 15) is 14.9 Å². The number of thioether (sulfide) groups is 1. The molecule has 0 radical (unpaired) electrons. The molecule has 7 heteroatoms. The van der Waals surface area contributed by atoms with Crippen LogP contribution in [0.3, 0.4) is 0 Å². The zero-order chi connectivity index (χ0) is 21.1. The summed E-state index contributed by atoms with van der Waals surface area (Å²) in [5, 5.41) is 12.6. The molecule has 0 saturated carbocycles. The third kappa shape index (κ3) is 4.31. The largest absolute Gasteiger partial charge is 0.354 e. The number of hydrogen-bond donors (Lipinski definition) is 1. The van der Waals surface area contributed by atoms with E-state index in [-0.39, 0.29) is 11.5 Å². The van der Waals surface area contributed by atoms with Gasteiger partial charge in [-0.1, -0.05) is 53.2 Å². The number of hydrogen-bond acceptors (Lipinski definition) is 4. The highest BCUT2D eigenvalue weighted by Gasteiger charge is 2.40. The summed E-state index contributed by atoms with van der Waals surface area (Å²) in [6.07, 6.45) is 0.446. The summed E-state index contributed by atoms with van der Waals surface area (Å²) < 4.78 is 0. The lowest BCUT2D eigenvalue weighted by molar-refractivity contribution is -0.117. The van der Waals surface area contributed by atoms with Gasteiger partial charge < -0.3 is 5.32 Å². The molecule has 1 N–H and O–H groups in total. The van der Waals surface area contributed by atoms with Gasteiger partial charge in [0.15, 0.2) is 0 Å². The minimum atomic E-state index is -0.515. The van der Waals surface area contributed by atoms with Crippen molar-refractivity contribution in [1.29, 1.82) is 5.26 Å². The van der Waals surface area contributed by atoms with E-state index in [0.29, 0.717) is 22.2 Å². The van der Waals surface area contributed by atoms with Crippen molar-refractivity contribution in [3.63, 3.8) is 0 Å². The number of aryl methyl sites for hydroxylation is 2. The zero-order valence-electron chi connectivity index (χ0n) is 16.3. The zero-order valence-corrected chi connectivity index (χ0v) is 17.9. The van der Waals surface area contributed by atoms with E-state index in [1.807, 2.05) is 62.4 Å². The van der Waals surface area contributed by atoms with Crippen LogP contribution in [0, 0.1) is 25.2 Å². The van der Waals surface area contributed by atoms with E-state index in [2.05, 4.69) is 5.32 Å². The third-order valence-corrected chi connectivity index (χ3v) is 6.35. The predicted molar refractivity (Wildman–Crippen MR) is 117 cm³/mol. The average Bonchev–Trinajstić information content (AvgIpc) is 3.01. The van der Waals surface area contributed by atoms with Gasteiger partial charge in [0.2, 0.25) is 5.91 Å². The number of nitrogens with zero attached hydrogens (tertiary/aromatic N) is 2. The number of halogens is 1. The molecule has 1 fully saturated rings. The number of likely N-dealkylation sites (N-methyl/N-ethyl adjacent to an activating group) is 1. The Morgan fingerprint density at radius 3 is 2.52 bits per heavy atom. The van der Waals surface area contributed by atoms with Gasteiger partial charge in [-0.3, -0.25) is 14.5 Å². The Morgan fingerprint density at radius 2 is 1.93 bits per heavy atom. The summed E-state index contributed by atoms with van der Waals surface area (Å²) in [5.41, 5.74) is 3.50. The van der Waals surface area contributed by atoms with Gasteiger partial charge in [0.1, 0.15) is 16.7 Å². The predicted octanol–water partition coefficient (Wildman–Crippen LogP) is 4.13. The van der Waals surface area contributed by atoms with E-state index in [1.54, 1.807) is 0 Å². The molecule has 3 rings (SSSR count). The molecule has 1 heterocycles. The maximum Gasteiger partial charge on any atom is 0.264 e. The van der Waals surface area contributed by atoms with Gasteiger partial charge in [0.25, 0.3) is 5.91 Å². The third-order valence-electron chi connectivity index (χ3n) is 4.68. The summed E-state index contributed by atoms with van der Waals surface area (Å²) >= 11 is 7.47. The highest BCUT2D eigenvalue weighted by molar-refractivity contribution is 8.05. The first kappa shape index (κ1) is 21.0. The van der Waals surface area contributed by atoms with Crippen LogP contribution < -0.4 is 10.2 Å². The Balaban J connectivity index is 2.03. The van der Waals surface area contributed by atoms with Crippen molar-refractivity contribution in [2.24, 2.45) is 0 Å². The fourth-order valence-electron chi connectivity index (χ4n) is 3.02. The minimum absolute atomic E-state index is 0.0733. The van der Waals surface area contributed by atoms with Crippen LogP contribution in [0.5, 0.6) is 0 Å². The molecule has 2 amide bonds. The molecule has 148 valence electrons. The highest BCUT2D eigenvalue weighted by Crippen LogP contribution is 2.42. The second-order valence-corrected chi connectivity index (χ2v) is 8.37. The van der Waals surface area contributed by atoms with Crippen LogP contribution in [-0.4, -0.2) is 24.1 Å². The van der Waals surface area contributed by atoms with E-state index in [1.165, 1.54) is 23.7 Å². The van der Waals surface area contributed by atoms with Gasteiger partial charge >= 0.3 is 0 Å². The number of benzene rings is 2. The number of carbonyl (C=O) groups excluding carboxylic acids is 2. The van der Waals surface area contributed by atoms with Gasteiger partial charge in [-0.05, 0) is 49.6 Å². The second kappa shape index (κ2) is 8.73. The van der Waals surface area contributed by atoms with Crippen molar-refractivity contribution in [2.45, 2.75) is 25.5 Å². The molecule has 2 aromatic rings. The van der Waals surface area contributed by atoms with Crippen molar-refractivity contribution in [1.82, 2.24) is 5.32 Å². The fraction of sp³-hybridized carbons (Fsp3) is 0.227. The van der Waals surface area contributed by atoms with Crippen LogP contribution in [0.15, 0.2) is 53.1 Å². The smallest absolute Gasteiger partial charge is 0.264 e. The molecule has 0 bridgehead atoms. The molecule has 1 saturated heterocycles. The van der Waals surface area contributed by atoms with Gasteiger partial charge in [0, 0.05) is 17.8 Å². The molecule has 0 unspecified atom stereocenters. The van der Waals surface area contributed by atoms with Crippen molar-refractivity contribution in [3.8, 4) is 6.07 Å². The molecular formula is C22H20ClN3O2S. The van der Waals surface area contributed by atoms with Gasteiger partial charge in [-0.2, -0.15) is 5.26 Å². The Bertz CT molecular complexity index is 1040. The molecule has 2 aromatic carbocycles. The second-order valence-electron chi connectivity index (χ2n) is 6.77. The lowest BCUT2D eigenvalue weighted by atomic mass is 10.1. The molecule has 1 aliphatic heterocycles. The van der Waals surface area contributed by atoms with Gasteiger partial charge in [-0.15, -0.1) is 0 Å². The summed E-state index contributed by atoms with van der Waals surface area (Å²) in [5.74, 6) is -0.679. The van der Waals surface area contributed by atoms with E-state index in [4.69, 9.17) is 11.6 Å².